The lowest BCUT2D eigenvalue weighted by molar-refractivity contribution is -0.113. The SMILES string of the molecule is CCOc1ccc(C=C2NC(=O)N(c3cccc(Cl)c3)C2=O)c(OCC)c1. The van der Waals surface area contributed by atoms with Gasteiger partial charge in [0.15, 0.2) is 0 Å². The van der Waals surface area contributed by atoms with Gasteiger partial charge in [0.25, 0.3) is 5.91 Å². The van der Waals surface area contributed by atoms with Gasteiger partial charge in [-0.1, -0.05) is 17.7 Å². The number of rotatable bonds is 6. The molecule has 1 heterocycles. The molecule has 0 saturated carbocycles. The fourth-order valence-electron chi connectivity index (χ4n) is 2.71. The molecule has 140 valence electrons. The Balaban J connectivity index is 1.93. The van der Waals surface area contributed by atoms with Crippen LogP contribution in [0.1, 0.15) is 19.4 Å². The van der Waals surface area contributed by atoms with Gasteiger partial charge in [-0.25, -0.2) is 9.69 Å². The van der Waals surface area contributed by atoms with E-state index in [0.29, 0.717) is 41.0 Å². The molecule has 3 rings (SSSR count). The fraction of sp³-hybridized carbons (Fsp3) is 0.200. The van der Waals surface area contributed by atoms with E-state index in [-0.39, 0.29) is 5.70 Å². The van der Waals surface area contributed by atoms with Crippen LogP contribution in [-0.2, 0) is 4.79 Å². The van der Waals surface area contributed by atoms with E-state index in [9.17, 15) is 9.59 Å². The van der Waals surface area contributed by atoms with Crippen LogP contribution in [0.25, 0.3) is 6.08 Å². The van der Waals surface area contributed by atoms with Gasteiger partial charge >= 0.3 is 6.03 Å². The molecule has 0 spiro atoms. The molecule has 27 heavy (non-hydrogen) atoms. The molecule has 1 aliphatic rings. The summed E-state index contributed by atoms with van der Waals surface area (Å²) in [6.07, 6.45) is 1.59. The van der Waals surface area contributed by atoms with E-state index in [1.54, 1.807) is 48.5 Å². The number of carbonyl (C=O) groups excluding carboxylic acids is 2. The van der Waals surface area contributed by atoms with Crippen LogP contribution in [0.3, 0.4) is 0 Å². The van der Waals surface area contributed by atoms with Crippen molar-refractivity contribution in [3.63, 3.8) is 0 Å². The molecule has 2 aromatic carbocycles. The Morgan fingerprint density at radius 1 is 1.07 bits per heavy atom. The first-order valence-corrected chi connectivity index (χ1v) is 8.93. The Morgan fingerprint density at radius 2 is 1.85 bits per heavy atom. The van der Waals surface area contributed by atoms with Crippen LogP contribution in [0.15, 0.2) is 48.2 Å². The number of amides is 3. The van der Waals surface area contributed by atoms with E-state index in [0.717, 1.165) is 4.90 Å². The zero-order chi connectivity index (χ0) is 19.4. The van der Waals surface area contributed by atoms with Crippen molar-refractivity contribution in [2.24, 2.45) is 0 Å². The number of hydrogen-bond donors (Lipinski definition) is 1. The molecule has 6 nitrogen and oxygen atoms in total. The van der Waals surface area contributed by atoms with Crippen LogP contribution in [0.4, 0.5) is 10.5 Å². The summed E-state index contributed by atoms with van der Waals surface area (Å²) in [5, 5.41) is 3.04. The third-order valence-electron chi connectivity index (χ3n) is 3.84. The van der Waals surface area contributed by atoms with E-state index in [2.05, 4.69) is 5.32 Å². The summed E-state index contributed by atoms with van der Waals surface area (Å²) in [6, 6.07) is 11.4. The van der Waals surface area contributed by atoms with Gasteiger partial charge in [0.05, 0.1) is 18.9 Å². The molecular formula is C20H19ClN2O4. The lowest BCUT2D eigenvalue weighted by Gasteiger charge is -2.12. The standard InChI is InChI=1S/C20H19ClN2O4/c1-3-26-16-9-8-13(18(12-16)27-4-2)10-17-19(24)23(20(25)22-17)15-7-5-6-14(21)11-15/h5-12H,3-4H2,1-2H3,(H,22,25). The molecule has 3 amide bonds. The van der Waals surface area contributed by atoms with E-state index >= 15 is 0 Å². The maximum absolute atomic E-state index is 12.7. The molecular weight excluding hydrogens is 368 g/mol. The number of hydrogen-bond acceptors (Lipinski definition) is 4. The Kier molecular flexibility index (Phi) is 5.66. The van der Waals surface area contributed by atoms with Gasteiger partial charge in [0.2, 0.25) is 0 Å². The van der Waals surface area contributed by atoms with Gasteiger partial charge in [-0.15, -0.1) is 0 Å². The average Bonchev–Trinajstić information content (AvgIpc) is 2.91. The molecule has 1 saturated heterocycles. The van der Waals surface area contributed by atoms with Crippen LogP contribution >= 0.6 is 11.6 Å². The first kappa shape index (κ1) is 18.8. The zero-order valence-corrected chi connectivity index (χ0v) is 15.7. The van der Waals surface area contributed by atoms with E-state index in [4.69, 9.17) is 21.1 Å². The largest absolute Gasteiger partial charge is 0.494 e. The molecule has 1 aliphatic heterocycles. The van der Waals surface area contributed by atoms with E-state index < -0.39 is 11.9 Å². The highest BCUT2D eigenvalue weighted by molar-refractivity contribution is 6.32. The van der Waals surface area contributed by atoms with Crippen molar-refractivity contribution in [2.45, 2.75) is 13.8 Å². The number of carbonyl (C=O) groups is 2. The quantitative estimate of drug-likeness (QED) is 0.595. The third-order valence-corrected chi connectivity index (χ3v) is 4.08. The Bertz CT molecular complexity index is 911. The normalized spacial score (nSPS) is 15.2. The van der Waals surface area contributed by atoms with Crippen LogP contribution < -0.4 is 19.7 Å². The Hall–Kier alpha value is -2.99. The summed E-state index contributed by atoms with van der Waals surface area (Å²) in [4.78, 5) is 26.1. The lowest BCUT2D eigenvalue weighted by Crippen LogP contribution is -2.30. The number of ether oxygens (including phenoxy) is 2. The second-order valence-corrected chi connectivity index (χ2v) is 6.11. The van der Waals surface area contributed by atoms with E-state index in [1.807, 2.05) is 13.8 Å². The minimum absolute atomic E-state index is 0.157. The number of anilines is 1. The molecule has 0 aliphatic carbocycles. The van der Waals surface area contributed by atoms with Crippen LogP contribution in [0, 0.1) is 0 Å². The van der Waals surface area contributed by atoms with Gasteiger partial charge in [-0.2, -0.15) is 0 Å². The number of nitrogens with one attached hydrogen (secondary N) is 1. The highest BCUT2D eigenvalue weighted by Crippen LogP contribution is 2.29. The van der Waals surface area contributed by atoms with Gasteiger partial charge in [-0.3, -0.25) is 4.79 Å². The number of halogens is 1. The lowest BCUT2D eigenvalue weighted by atomic mass is 10.1. The van der Waals surface area contributed by atoms with Crippen molar-refractivity contribution < 1.29 is 19.1 Å². The van der Waals surface area contributed by atoms with Gasteiger partial charge < -0.3 is 14.8 Å². The molecule has 0 atom stereocenters. The minimum atomic E-state index is -0.530. The maximum atomic E-state index is 12.7. The topological polar surface area (TPSA) is 67.9 Å². The van der Waals surface area contributed by atoms with E-state index in [1.165, 1.54) is 0 Å². The number of benzene rings is 2. The molecule has 0 bridgehead atoms. The number of imide groups is 1. The average molecular weight is 387 g/mol. The van der Waals surface area contributed by atoms with Crippen LogP contribution in [0.5, 0.6) is 11.5 Å². The second kappa shape index (κ2) is 8.14. The predicted octanol–water partition coefficient (Wildman–Crippen LogP) is 4.23. The van der Waals surface area contributed by atoms with Crippen LogP contribution in [-0.4, -0.2) is 25.2 Å². The fourth-order valence-corrected chi connectivity index (χ4v) is 2.90. The van der Waals surface area contributed by atoms with Crippen molar-refractivity contribution in [2.75, 3.05) is 18.1 Å². The summed E-state index contributed by atoms with van der Waals surface area (Å²) < 4.78 is 11.1. The van der Waals surface area contributed by atoms with Crippen molar-refractivity contribution in [3.05, 3.63) is 58.7 Å². The predicted molar refractivity (Wildman–Crippen MR) is 104 cm³/mol. The van der Waals surface area contributed by atoms with Gasteiger partial charge in [0, 0.05) is 16.7 Å². The third kappa shape index (κ3) is 4.06. The molecule has 2 aromatic rings. The molecule has 7 heteroatoms. The molecule has 0 aromatic heterocycles. The number of nitrogens with zero attached hydrogens (tertiary/aromatic N) is 1. The second-order valence-electron chi connectivity index (χ2n) is 5.67. The number of urea groups is 1. The molecule has 0 radical (unpaired) electrons. The van der Waals surface area contributed by atoms with Crippen LogP contribution in [0.2, 0.25) is 5.02 Å². The molecule has 0 unspecified atom stereocenters. The first-order valence-electron chi connectivity index (χ1n) is 8.55. The monoisotopic (exact) mass is 386 g/mol. The molecule has 1 N–H and O–H groups in total. The molecule has 1 fully saturated rings. The highest BCUT2D eigenvalue weighted by Gasteiger charge is 2.35. The summed E-state index contributed by atoms with van der Waals surface area (Å²) >= 11 is 5.97. The summed E-state index contributed by atoms with van der Waals surface area (Å²) in [5.74, 6) is 0.781. The van der Waals surface area contributed by atoms with Gasteiger partial charge in [-0.05, 0) is 50.3 Å². The summed E-state index contributed by atoms with van der Waals surface area (Å²) in [7, 11) is 0. The first-order chi connectivity index (χ1) is 13.0. The summed E-state index contributed by atoms with van der Waals surface area (Å²) in [5.41, 5.74) is 1.23. The Morgan fingerprint density at radius 3 is 2.56 bits per heavy atom. The minimum Gasteiger partial charge on any atom is -0.494 e. The maximum Gasteiger partial charge on any atom is 0.333 e. The van der Waals surface area contributed by atoms with Crippen molar-refractivity contribution >= 4 is 35.3 Å². The van der Waals surface area contributed by atoms with Crippen molar-refractivity contribution in [3.8, 4) is 11.5 Å². The zero-order valence-electron chi connectivity index (χ0n) is 15.0. The Labute approximate surface area is 162 Å². The van der Waals surface area contributed by atoms with Crippen molar-refractivity contribution in [1.82, 2.24) is 5.32 Å². The van der Waals surface area contributed by atoms with Crippen molar-refractivity contribution in [1.29, 1.82) is 0 Å². The summed E-state index contributed by atoms with van der Waals surface area (Å²) in [6.45, 7) is 4.76. The highest BCUT2D eigenvalue weighted by atomic mass is 35.5. The van der Waals surface area contributed by atoms with Gasteiger partial charge in [0.1, 0.15) is 17.2 Å². The smallest absolute Gasteiger partial charge is 0.333 e.